The molecular formula is C22H26N2O5S. The minimum Gasteiger partial charge on any atom is -0.463 e. The number of rotatable bonds is 7. The van der Waals surface area contributed by atoms with Crippen LogP contribution in [0.2, 0.25) is 0 Å². The molecule has 0 unspecified atom stereocenters. The number of benzene rings is 1. The maximum Gasteiger partial charge on any atom is 0.338 e. The fourth-order valence-electron chi connectivity index (χ4n) is 3.50. The number of nitrogens with zero attached hydrogens (tertiary/aromatic N) is 1. The Kier molecular flexibility index (Phi) is 6.87. The number of carbonyl (C=O) groups is 3. The highest BCUT2D eigenvalue weighted by atomic mass is 32.2. The second kappa shape index (κ2) is 9.38. The fraction of sp³-hybridized carbons (Fsp3) is 0.409. The predicted molar refractivity (Wildman–Crippen MR) is 114 cm³/mol. The molecule has 3 rings (SSSR count). The summed E-state index contributed by atoms with van der Waals surface area (Å²) in [5.41, 5.74) is 7.40. The SMILES string of the molecule is CCCCOC(=O)C1=C(N)N2C(=O)[C@@H](C)SC2=C(C(=O)OCC)[C@@H]1c1ccccc1. The highest BCUT2D eigenvalue weighted by Gasteiger charge is 2.49. The van der Waals surface area contributed by atoms with Crippen LogP contribution in [-0.4, -0.2) is 41.2 Å². The van der Waals surface area contributed by atoms with Crippen molar-refractivity contribution in [1.29, 1.82) is 0 Å². The second-order valence-corrected chi connectivity index (χ2v) is 8.33. The van der Waals surface area contributed by atoms with Crippen molar-refractivity contribution < 1.29 is 23.9 Å². The molecule has 0 radical (unpaired) electrons. The molecule has 0 aliphatic carbocycles. The molecule has 1 saturated heterocycles. The van der Waals surface area contributed by atoms with Gasteiger partial charge in [0.25, 0.3) is 0 Å². The van der Waals surface area contributed by atoms with E-state index in [0.29, 0.717) is 17.0 Å². The van der Waals surface area contributed by atoms with E-state index in [-0.39, 0.29) is 36.1 Å². The van der Waals surface area contributed by atoms with Crippen LogP contribution in [0.25, 0.3) is 0 Å². The Labute approximate surface area is 180 Å². The van der Waals surface area contributed by atoms with Crippen molar-refractivity contribution in [3.8, 4) is 0 Å². The molecule has 2 aliphatic rings. The Hall–Kier alpha value is -2.74. The summed E-state index contributed by atoms with van der Waals surface area (Å²) in [5.74, 6) is -2.26. The molecule has 0 bridgehead atoms. The lowest BCUT2D eigenvalue weighted by Gasteiger charge is -2.33. The van der Waals surface area contributed by atoms with Crippen LogP contribution in [0.1, 0.15) is 45.1 Å². The first-order chi connectivity index (χ1) is 14.4. The van der Waals surface area contributed by atoms with E-state index in [1.807, 2.05) is 37.3 Å². The molecule has 0 spiro atoms. The quantitative estimate of drug-likeness (QED) is 0.524. The molecule has 30 heavy (non-hydrogen) atoms. The van der Waals surface area contributed by atoms with E-state index in [9.17, 15) is 14.4 Å². The van der Waals surface area contributed by atoms with Crippen LogP contribution in [0.4, 0.5) is 0 Å². The Morgan fingerprint density at radius 2 is 1.77 bits per heavy atom. The molecule has 1 aromatic rings. The third kappa shape index (κ3) is 3.96. The lowest BCUT2D eigenvalue weighted by Crippen LogP contribution is -2.40. The van der Waals surface area contributed by atoms with Gasteiger partial charge < -0.3 is 15.2 Å². The van der Waals surface area contributed by atoms with Crippen molar-refractivity contribution in [3.63, 3.8) is 0 Å². The zero-order valence-corrected chi connectivity index (χ0v) is 18.2. The van der Waals surface area contributed by atoms with Crippen LogP contribution < -0.4 is 5.73 Å². The van der Waals surface area contributed by atoms with E-state index in [2.05, 4.69) is 0 Å². The van der Waals surface area contributed by atoms with Crippen LogP contribution in [-0.2, 0) is 23.9 Å². The highest BCUT2D eigenvalue weighted by molar-refractivity contribution is 8.04. The molecule has 1 amide bonds. The van der Waals surface area contributed by atoms with Gasteiger partial charge in [0.2, 0.25) is 5.91 Å². The molecule has 1 aromatic carbocycles. The second-order valence-electron chi connectivity index (χ2n) is 7.01. The van der Waals surface area contributed by atoms with Gasteiger partial charge in [-0.2, -0.15) is 0 Å². The molecule has 7 nitrogen and oxygen atoms in total. The van der Waals surface area contributed by atoms with E-state index in [0.717, 1.165) is 6.42 Å². The summed E-state index contributed by atoms with van der Waals surface area (Å²) in [4.78, 5) is 40.2. The zero-order chi connectivity index (χ0) is 21.8. The fourth-order valence-corrected chi connectivity index (χ4v) is 4.67. The van der Waals surface area contributed by atoms with E-state index >= 15 is 0 Å². The first-order valence-corrected chi connectivity index (χ1v) is 10.9. The number of ether oxygens (including phenoxy) is 2. The summed E-state index contributed by atoms with van der Waals surface area (Å²) < 4.78 is 10.8. The van der Waals surface area contributed by atoms with Crippen molar-refractivity contribution in [2.45, 2.75) is 44.8 Å². The van der Waals surface area contributed by atoms with Gasteiger partial charge in [0.1, 0.15) is 5.82 Å². The number of carbonyl (C=O) groups excluding carboxylic acids is 3. The Morgan fingerprint density at radius 1 is 1.10 bits per heavy atom. The zero-order valence-electron chi connectivity index (χ0n) is 17.3. The van der Waals surface area contributed by atoms with Crippen molar-refractivity contribution in [2.75, 3.05) is 13.2 Å². The van der Waals surface area contributed by atoms with Gasteiger partial charge in [-0.05, 0) is 25.8 Å². The van der Waals surface area contributed by atoms with E-state index < -0.39 is 23.1 Å². The number of unbranched alkanes of at least 4 members (excludes halogenated alkanes) is 1. The van der Waals surface area contributed by atoms with Crippen LogP contribution in [0.3, 0.4) is 0 Å². The average Bonchev–Trinajstić information content (AvgIpc) is 3.03. The van der Waals surface area contributed by atoms with Crippen molar-refractivity contribution >= 4 is 29.6 Å². The summed E-state index contributed by atoms with van der Waals surface area (Å²) >= 11 is 1.25. The Morgan fingerprint density at radius 3 is 2.40 bits per heavy atom. The topological polar surface area (TPSA) is 98.9 Å². The smallest absolute Gasteiger partial charge is 0.338 e. The average molecular weight is 431 g/mol. The molecular weight excluding hydrogens is 404 g/mol. The van der Waals surface area contributed by atoms with E-state index in [1.54, 1.807) is 13.8 Å². The number of nitrogens with two attached hydrogens (primary N) is 1. The van der Waals surface area contributed by atoms with Crippen LogP contribution in [0.5, 0.6) is 0 Å². The predicted octanol–water partition coefficient (Wildman–Crippen LogP) is 3.04. The summed E-state index contributed by atoms with van der Waals surface area (Å²) in [6, 6.07) is 9.12. The summed E-state index contributed by atoms with van der Waals surface area (Å²) in [7, 11) is 0. The van der Waals surface area contributed by atoms with Gasteiger partial charge in [0.05, 0.1) is 40.6 Å². The molecule has 0 saturated carbocycles. The number of amides is 1. The Bertz CT molecular complexity index is 909. The molecule has 2 N–H and O–H groups in total. The highest BCUT2D eigenvalue weighted by Crippen LogP contribution is 2.49. The van der Waals surface area contributed by atoms with Crippen molar-refractivity contribution in [1.82, 2.24) is 4.90 Å². The summed E-state index contributed by atoms with van der Waals surface area (Å²) in [5, 5.41) is -0.0164. The third-order valence-corrected chi connectivity index (χ3v) is 6.14. The van der Waals surface area contributed by atoms with Crippen LogP contribution in [0, 0.1) is 0 Å². The first-order valence-electron chi connectivity index (χ1n) is 10.1. The van der Waals surface area contributed by atoms with Gasteiger partial charge in [-0.25, -0.2) is 9.59 Å². The first kappa shape index (κ1) is 22.0. The maximum atomic E-state index is 13.1. The molecule has 160 valence electrons. The molecule has 0 aromatic heterocycles. The Balaban J connectivity index is 2.19. The van der Waals surface area contributed by atoms with Crippen LogP contribution in [0.15, 0.2) is 52.3 Å². The van der Waals surface area contributed by atoms with Gasteiger partial charge in [0.15, 0.2) is 0 Å². The monoisotopic (exact) mass is 430 g/mol. The minimum absolute atomic E-state index is 0.00949. The lowest BCUT2D eigenvalue weighted by atomic mass is 9.82. The van der Waals surface area contributed by atoms with Gasteiger partial charge in [-0.1, -0.05) is 55.4 Å². The van der Waals surface area contributed by atoms with Crippen molar-refractivity contribution in [3.05, 3.63) is 57.9 Å². The number of fused-ring (bicyclic) bond motifs is 1. The molecule has 2 atom stereocenters. The van der Waals surface area contributed by atoms with Gasteiger partial charge in [-0.15, -0.1) is 0 Å². The maximum absolute atomic E-state index is 13.1. The molecule has 8 heteroatoms. The summed E-state index contributed by atoms with van der Waals surface area (Å²) in [6.45, 7) is 5.84. The molecule has 2 aliphatic heterocycles. The van der Waals surface area contributed by atoms with Gasteiger partial charge >= 0.3 is 11.9 Å². The number of hydrogen-bond acceptors (Lipinski definition) is 7. The third-order valence-electron chi connectivity index (χ3n) is 4.96. The van der Waals surface area contributed by atoms with Gasteiger partial charge in [0, 0.05) is 0 Å². The number of thioether (sulfide) groups is 1. The largest absolute Gasteiger partial charge is 0.463 e. The molecule has 1 fully saturated rings. The number of hydrogen-bond donors (Lipinski definition) is 1. The van der Waals surface area contributed by atoms with E-state index in [1.165, 1.54) is 16.7 Å². The summed E-state index contributed by atoms with van der Waals surface area (Å²) in [6.07, 6.45) is 1.57. The minimum atomic E-state index is -0.781. The lowest BCUT2D eigenvalue weighted by molar-refractivity contribution is -0.140. The molecule has 2 heterocycles. The van der Waals surface area contributed by atoms with Crippen LogP contribution >= 0.6 is 11.8 Å². The van der Waals surface area contributed by atoms with Gasteiger partial charge in [-0.3, -0.25) is 9.69 Å². The van der Waals surface area contributed by atoms with E-state index in [4.69, 9.17) is 15.2 Å². The number of esters is 2. The van der Waals surface area contributed by atoms with Crippen molar-refractivity contribution in [2.24, 2.45) is 5.73 Å². The standard InChI is InChI=1S/C22H26N2O5S/c1-4-6-12-29-21(26)16-15(14-10-8-7-9-11-14)17(22(27)28-5-2)20-24(18(16)23)19(25)13(3)30-20/h7-11,13,15H,4-6,12,23H2,1-3H3/t13-,15-/m1/s1. The normalized spacial score (nSPS) is 21.0.